The molecule has 3 heteroatoms. The minimum absolute atomic E-state index is 0.616. The van der Waals surface area contributed by atoms with Crippen LogP contribution in [0.5, 0.6) is 0 Å². The van der Waals surface area contributed by atoms with Crippen molar-refractivity contribution >= 4 is 11.6 Å². The van der Waals surface area contributed by atoms with E-state index in [1.54, 1.807) is 6.07 Å². The molecule has 0 unspecified atom stereocenters. The molecule has 0 atom stereocenters. The lowest BCUT2D eigenvalue weighted by Crippen LogP contribution is -2.11. The minimum Gasteiger partial charge on any atom is -0.319 e. The second-order valence-electron chi connectivity index (χ2n) is 2.77. The van der Waals surface area contributed by atoms with E-state index in [2.05, 4.69) is 11.4 Å². The predicted octanol–water partition coefficient (Wildman–Crippen LogP) is 1.97. The summed E-state index contributed by atoms with van der Waals surface area (Å²) in [5, 5.41) is 12.5. The smallest absolute Gasteiger partial charge is 0.0995 e. The maximum absolute atomic E-state index is 8.81. The van der Waals surface area contributed by atoms with E-state index < -0.39 is 0 Å². The molecule has 1 aromatic rings. The van der Waals surface area contributed by atoms with Crippen molar-refractivity contribution in [2.45, 2.75) is 6.42 Å². The van der Waals surface area contributed by atoms with Crippen LogP contribution in [0, 0.1) is 11.3 Å². The molecule has 0 aromatic heterocycles. The fourth-order valence-electron chi connectivity index (χ4n) is 1.13. The minimum atomic E-state index is 0.616. The number of likely N-dealkylation sites (N-methyl/N-ethyl adjacent to an activating group) is 1. The van der Waals surface area contributed by atoms with Gasteiger partial charge in [0.2, 0.25) is 0 Å². The Morgan fingerprint density at radius 3 is 2.92 bits per heavy atom. The van der Waals surface area contributed by atoms with E-state index in [9.17, 15) is 0 Å². The zero-order valence-corrected chi connectivity index (χ0v) is 8.23. The summed E-state index contributed by atoms with van der Waals surface area (Å²) in [6.45, 7) is 0.871. The highest BCUT2D eigenvalue weighted by molar-refractivity contribution is 6.30. The Morgan fingerprint density at radius 2 is 2.31 bits per heavy atom. The van der Waals surface area contributed by atoms with Gasteiger partial charge in [-0.2, -0.15) is 5.26 Å². The van der Waals surface area contributed by atoms with Gasteiger partial charge in [-0.05, 0) is 37.7 Å². The summed E-state index contributed by atoms with van der Waals surface area (Å²) in [6, 6.07) is 7.55. The van der Waals surface area contributed by atoms with Gasteiger partial charge in [-0.1, -0.05) is 17.7 Å². The van der Waals surface area contributed by atoms with Crippen LogP contribution in [0.25, 0.3) is 0 Å². The summed E-state index contributed by atoms with van der Waals surface area (Å²) >= 11 is 5.76. The lowest BCUT2D eigenvalue weighted by atomic mass is 10.1. The van der Waals surface area contributed by atoms with Crippen molar-refractivity contribution < 1.29 is 0 Å². The van der Waals surface area contributed by atoms with Crippen LogP contribution in [0.2, 0.25) is 5.02 Å². The zero-order chi connectivity index (χ0) is 9.68. The second kappa shape index (κ2) is 4.86. The lowest BCUT2D eigenvalue weighted by Gasteiger charge is -2.03. The third kappa shape index (κ3) is 2.73. The standard InChI is InChI=1S/C10H11ClN2/c1-13-5-4-8-2-3-10(11)6-9(8)7-12/h2-3,6,13H,4-5H2,1H3. The third-order valence-electron chi connectivity index (χ3n) is 1.84. The van der Waals surface area contributed by atoms with Gasteiger partial charge in [-0.15, -0.1) is 0 Å². The summed E-state index contributed by atoms with van der Waals surface area (Å²) in [4.78, 5) is 0. The van der Waals surface area contributed by atoms with Gasteiger partial charge in [0, 0.05) is 5.02 Å². The molecule has 0 saturated carbocycles. The van der Waals surface area contributed by atoms with Crippen LogP contribution in [0.15, 0.2) is 18.2 Å². The molecule has 1 N–H and O–H groups in total. The predicted molar refractivity (Wildman–Crippen MR) is 53.8 cm³/mol. The molecule has 0 saturated heterocycles. The number of nitriles is 1. The SMILES string of the molecule is CNCCc1ccc(Cl)cc1C#N. The van der Waals surface area contributed by atoms with Crippen LogP contribution >= 0.6 is 11.6 Å². The average molecular weight is 195 g/mol. The van der Waals surface area contributed by atoms with Crippen LogP contribution < -0.4 is 5.32 Å². The fraction of sp³-hybridized carbons (Fsp3) is 0.300. The highest BCUT2D eigenvalue weighted by Crippen LogP contribution is 2.15. The summed E-state index contributed by atoms with van der Waals surface area (Å²) < 4.78 is 0. The highest BCUT2D eigenvalue weighted by Gasteiger charge is 2.01. The second-order valence-corrected chi connectivity index (χ2v) is 3.20. The van der Waals surface area contributed by atoms with Crippen molar-refractivity contribution in [2.75, 3.05) is 13.6 Å². The molecule has 68 valence electrons. The average Bonchev–Trinajstić information content (AvgIpc) is 2.16. The van der Waals surface area contributed by atoms with Crippen LogP contribution in [-0.4, -0.2) is 13.6 Å². The highest BCUT2D eigenvalue weighted by atomic mass is 35.5. The molecule has 0 aliphatic heterocycles. The molecule has 0 bridgehead atoms. The van der Waals surface area contributed by atoms with Gasteiger partial charge in [0.25, 0.3) is 0 Å². The van der Waals surface area contributed by atoms with Gasteiger partial charge in [0.15, 0.2) is 0 Å². The van der Waals surface area contributed by atoms with Crippen LogP contribution in [0.1, 0.15) is 11.1 Å². The van der Waals surface area contributed by atoms with Crippen molar-refractivity contribution in [2.24, 2.45) is 0 Å². The van der Waals surface area contributed by atoms with E-state index in [0.29, 0.717) is 10.6 Å². The molecule has 1 rings (SSSR count). The van der Waals surface area contributed by atoms with Gasteiger partial charge >= 0.3 is 0 Å². The van der Waals surface area contributed by atoms with E-state index in [1.807, 2.05) is 19.2 Å². The fourth-order valence-corrected chi connectivity index (χ4v) is 1.30. The van der Waals surface area contributed by atoms with Gasteiger partial charge in [0.05, 0.1) is 11.6 Å². The molecule has 0 fully saturated rings. The molecule has 2 nitrogen and oxygen atoms in total. The number of nitrogens with zero attached hydrogens (tertiary/aromatic N) is 1. The van der Waals surface area contributed by atoms with E-state index in [4.69, 9.17) is 16.9 Å². The number of hydrogen-bond acceptors (Lipinski definition) is 2. The number of halogens is 1. The Bertz CT molecular complexity index is 328. The normalized spacial score (nSPS) is 9.62. The molecular weight excluding hydrogens is 184 g/mol. The Kier molecular flexibility index (Phi) is 3.75. The van der Waals surface area contributed by atoms with E-state index in [1.165, 1.54) is 0 Å². The van der Waals surface area contributed by atoms with Crippen molar-refractivity contribution in [1.29, 1.82) is 5.26 Å². The maximum atomic E-state index is 8.81. The van der Waals surface area contributed by atoms with E-state index in [0.717, 1.165) is 18.5 Å². The monoisotopic (exact) mass is 194 g/mol. The Morgan fingerprint density at radius 1 is 1.54 bits per heavy atom. The molecule has 1 aromatic carbocycles. The van der Waals surface area contributed by atoms with Crippen molar-refractivity contribution in [1.82, 2.24) is 5.32 Å². The van der Waals surface area contributed by atoms with Crippen molar-refractivity contribution in [3.8, 4) is 6.07 Å². The van der Waals surface area contributed by atoms with Crippen molar-refractivity contribution in [3.63, 3.8) is 0 Å². The molecule has 13 heavy (non-hydrogen) atoms. The topological polar surface area (TPSA) is 35.8 Å². The first-order valence-electron chi connectivity index (χ1n) is 4.11. The molecule has 0 amide bonds. The number of hydrogen-bond donors (Lipinski definition) is 1. The van der Waals surface area contributed by atoms with Gasteiger partial charge < -0.3 is 5.32 Å². The zero-order valence-electron chi connectivity index (χ0n) is 7.47. The number of rotatable bonds is 3. The van der Waals surface area contributed by atoms with Crippen molar-refractivity contribution in [3.05, 3.63) is 34.3 Å². The summed E-state index contributed by atoms with van der Waals surface area (Å²) in [7, 11) is 1.89. The van der Waals surface area contributed by atoms with Gasteiger partial charge in [-0.3, -0.25) is 0 Å². The first kappa shape index (κ1) is 10.0. The number of nitrogens with one attached hydrogen (secondary N) is 1. The molecule has 0 aliphatic carbocycles. The lowest BCUT2D eigenvalue weighted by molar-refractivity contribution is 0.790. The van der Waals surface area contributed by atoms with E-state index >= 15 is 0 Å². The van der Waals surface area contributed by atoms with Gasteiger partial charge in [0.1, 0.15) is 0 Å². The first-order valence-corrected chi connectivity index (χ1v) is 4.49. The Balaban J connectivity index is 2.88. The van der Waals surface area contributed by atoms with Crippen LogP contribution in [0.4, 0.5) is 0 Å². The Labute approximate surface area is 83.1 Å². The quantitative estimate of drug-likeness (QED) is 0.799. The molecule has 0 spiro atoms. The first-order chi connectivity index (χ1) is 6.27. The summed E-state index contributed by atoms with van der Waals surface area (Å²) in [6.07, 6.45) is 0.858. The molecule has 0 aliphatic rings. The molecular formula is C10H11ClN2. The van der Waals surface area contributed by atoms with Gasteiger partial charge in [-0.25, -0.2) is 0 Å². The van der Waals surface area contributed by atoms with Crippen LogP contribution in [0.3, 0.4) is 0 Å². The Hall–Kier alpha value is -1.04. The number of benzene rings is 1. The molecule has 0 radical (unpaired) electrons. The third-order valence-corrected chi connectivity index (χ3v) is 2.07. The largest absolute Gasteiger partial charge is 0.319 e. The van der Waals surface area contributed by atoms with E-state index in [-0.39, 0.29) is 0 Å². The maximum Gasteiger partial charge on any atom is 0.0995 e. The summed E-state index contributed by atoms with van der Waals surface area (Å²) in [5.41, 5.74) is 1.71. The molecule has 0 heterocycles. The summed E-state index contributed by atoms with van der Waals surface area (Å²) in [5.74, 6) is 0. The van der Waals surface area contributed by atoms with Crippen LogP contribution in [-0.2, 0) is 6.42 Å².